The van der Waals surface area contributed by atoms with Gasteiger partial charge >= 0.3 is 0 Å². The summed E-state index contributed by atoms with van der Waals surface area (Å²) in [5.41, 5.74) is 1.12. The number of benzene rings is 1. The van der Waals surface area contributed by atoms with Gasteiger partial charge in [0, 0.05) is 36.0 Å². The fourth-order valence-corrected chi connectivity index (χ4v) is 3.78. The minimum Gasteiger partial charge on any atom is -0.352 e. The Kier molecular flexibility index (Phi) is 4.13. The predicted octanol–water partition coefficient (Wildman–Crippen LogP) is 2.90. The number of aromatic nitrogens is 1. The molecule has 1 unspecified atom stereocenters. The van der Waals surface area contributed by atoms with Crippen LogP contribution in [-0.2, 0) is 6.54 Å². The Bertz CT molecular complexity index is 599. The van der Waals surface area contributed by atoms with E-state index in [9.17, 15) is 0 Å². The van der Waals surface area contributed by atoms with Crippen LogP contribution in [0.25, 0.3) is 10.8 Å². The normalized spacial score (nSPS) is 19.5. The summed E-state index contributed by atoms with van der Waals surface area (Å²) >= 11 is 2.04. The van der Waals surface area contributed by atoms with Gasteiger partial charge in [-0.15, -0.1) is 0 Å². The number of fused-ring (bicyclic) bond motifs is 1. The minimum absolute atomic E-state index is 0.550. The van der Waals surface area contributed by atoms with Crippen molar-refractivity contribution in [1.29, 1.82) is 0 Å². The van der Waals surface area contributed by atoms with Crippen molar-refractivity contribution in [2.45, 2.75) is 19.5 Å². The second-order valence-corrected chi connectivity index (χ2v) is 6.46. The van der Waals surface area contributed by atoms with Gasteiger partial charge in [0.25, 0.3) is 0 Å². The van der Waals surface area contributed by atoms with Gasteiger partial charge in [0.15, 0.2) is 0 Å². The zero-order valence-electron chi connectivity index (χ0n) is 12.1. The van der Waals surface area contributed by atoms with E-state index in [0.717, 1.165) is 24.6 Å². The molecule has 0 radical (unpaired) electrons. The first kappa shape index (κ1) is 13.7. The molecule has 1 aliphatic rings. The standard InChI is InChI=1S/C16H21N3S/c1-12-11-20-8-7-19(12)16-15-6-4-3-5-13(15)9-14(18-16)10-17-2/h3-6,9,12,17H,7-8,10-11H2,1-2H3. The molecule has 4 heteroatoms. The molecule has 20 heavy (non-hydrogen) atoms. The third-order valence-electron chi connectivity index (χ3n) is 3.77. The highest BCUT2D eigenvalue weighted by molar-refractivity contribution is 7.99. The Labute approximate surface area is 124 Å². The van der Waals surface area contributed by atoms with Crippen molar-refractivity contribution < 1.29 is 0 Å². The third-order valence-corrected chi connectivity index (χ3v) is 4.96. The van der Waals surface area contributed by atoms with E-state index in [0.29, 0.717) is 6.04 Å². The summed E-state index contributed by atoms with van der Waals surface area (Å²) in [5, 5.41) is 5.76. The molecule has 1 N–H and O–H groups in total. The van der Waals surface area contributed by atoms with Gasteiger partial charge in [0.05, 0.1) is 5.69 Å². The van der Waals surface area contributed by atoms with Gasteiger partial charge in [-0.1, -0.05) is 24.3 Å². The highest BCUT2D eigenvalue weighted by atomic mass is 32.2. The number of thioether (sulfide) groups is 1. The number of hydrogen-bond donors (Lipinski definition) is 1. The summed E-state index contributed by atoms with van der Waals surface area (Å²) in [4.78, 5) is 7.39. The molecule has 1 fully saturated rings. The summed E-state index contributed by atoms with van der Waals surface area (Å²) in [7, 11) is 1.97. The first-order chi connectivity index (χ1) is 9.79. The smallest absolute Gasteiger partial charge is 0.137 e. The molecular weight excluding hydrogens is 266 g/mol. The molecule has 0 spiro atoms. The molecule has 1 aromatic carbocycles. The fourth-order valence-electron chi connectivity index (χ4n) is 2.77. The summed E-state index contributed by atoms with van der Waals surface area (Å²) < 4.78 is 0. The first-order valence-corrected chi connectivity index (χ1v) is 8.32. The molecule has 0 saturated carbocycles. The molecule has 3 nitrogen and oxygen atoms in total. The van der Waals surface area contributed by atoms with Crippen molar-refractivity contribution in [3.8, 4) is 0 Å². The molecule has 1 aliphatic heterocycles. The van der Waals surface area contributed by atoms with E-state index in [2.05, 4.69) is 47.5 Å². The quantitative estimate of drug-likeness (QED) is 0.939. The average molecular weight is 287 g/mol. The molecular formula is C16H21N3S. The zero-order valence-corrected chi connectivity index (χ0v) is 12.9. The molecule has 0 aliphatic carbocycles. The summed E-state index contributed by atoms with van der Waals surface area (Å²) in [6.45, 7) is 4.20. The van der Waals surface area contributed by atoms with Crippen LogP contribution >= 0.6 is 11.8 Å². The molecule has 3 rings (SSSR count). The molecule has 1 aromatic heterocycles. The molecule has 0 bridgehead atoms. The maximum atomic E-state index is 4.92. The Hall–Kier alpha value is -1.26. The summed E-state index contributed by atoms with van der Waals surface area (Å²) in [5.74, 6) is 3.53. The summed E-state index contributed by atoms with van der Waals surface area (Å²) in [6.07, 6.45) is 0. The SMILES string of the molecule is CNCc1cc2ccccc2c(N2CCSCC2C)n1. The number of hydrogen-bond acceptors (Lipinski definition) is 4. The Morgan fingerprint density at radius 1 is 1.40 bits per heavy atom. The highest BCUT2D eigenvalue weighted by Gasteiger charge is 2.22. The highest BCUT2D eigenvalue weighted by Crippen LogP contribution is 2.30. The topological polar surface area (TPSA) is 28.2 Å². The van der Waals surface area contributed by atoms with E-state index in [-0.39, 0.29) is 0 Å². The van der Waals surface area contributed by atoms with Crippen molar-refractivity contribution in [3.05, 3.63) is 36.0 Å². The van der Waals surface area contributed by atoms with Crippen molar-refractivity contribution in [2.24, 2.45) is 0 Å². The van der Waals surface area contributed by atoms with Crippen LogP contribution < -0.4 is 10.2 Å². The van der Waals surface area contributed by atoms with Crippen molar-refractivity contribution in [3.63, 3.8) is 0 Å². The number of anilines is 1. The van der Waals surface area contributed by atoms with Gasteiger partial charge in [-0.05, 0) is 25.4 Å². The number of pyridine rings is 1. The van der Waals surface area contributed by atoms with Crippen LogP contribution in [0.3, 0.4) is 0 Å². The van der Waals surface area contributed by atoms with E-state index < -0.39 is 0 Å². The van der Waals surface area contributed by atoms with E-state index in [1.54, 1.807) is 0 Å². The van der Waals surface area contributed by atoms with E-state index in [1.165, 1.54) is 22.3 Å². The van der Waals surface area contributed by atoms with Crippen LogP contribution in [-0.4, -0.2) is 36.1 Å². The molecule has 106 valence electrons. The average Bonchev–Trinajstić information content (AvgIpc) is 2.47. The lowest BCUT2D eigenvalue weighted by molar-refractivity contribution is 0.687. The second kappa shape index (κ2) is 6.02. The number of rotatable bonds is 3. The molecule has 1 atom stereocenters. The maximum Gasteiger partial charge on any atom is 0.137 e. The zero-order chi connectivity index (χ0) is 13.9. The first-order valence-electron chi connectivity index (χ1n) is 7.17. The third kappa shape index (κ3) is 2.63. The van der Waals surface area contributed by atoms with Gasteiger partial charge < -0.3 is 10.2 Å². The van der Waals surface area contributed by atoms with Crippen LogP contribution in [0.15, 0.2) is 30.3 Å². The van der Waals surface area contributed by atoms with Gasteiger partial charge in [0.2, 0.25) is 0 Å². The maximum absolute atomic E-state index is 4.92. The fraction of sp³-hybridized carbons (Fsp3) is 0.438. The monoisotopic (exact) mass is 287 g/mol. The van der Waals surface area contributed by atoms with Gasteiger partial charge in [-0.2, -0.15) is 11.8 Å². The lowest BCUT2D eigenvalue weighted by Crippen LogP contribution is -2.41. The molecule has 2 heterocycles. The van der Waals surface area contributed by atoms with Crippen molar-refractivity contribution >= 4 is 28.4 Å². The number of nitrogens with one attached hydrogen (secondary N) is 1. The van der Waals surface area contributed by atoms with Gasteiger partial charge in [-0.25, -0.2) is 4.98 Å². The van der Waals surface area contributed by atoms with Crippen LogP contribution in [0, 0.1) is 0 Å². The molecule has 0 amide bonds. The van der Waals surface area contributed by atoms with Gasteiger partial charge in [-0.3, -0.25) is 0 Å². The Morgan fingerprint density at radius 3 is 3.05 bits per heavy atom. The molecule has 2 aromatic rings. The van der Waals surface area contributed by atoms with Crippen LogP contribution in [0.1, 0.15) is 12.6 Å². The van der Waals surface area contributed by atoms with E-state index in [4.69, 9.17) is 4.98 Å². The second-order valence-electron chi connectivity index (χ2n) is 5.31. The number of nitrogens with zero attached hydrogens (tertiary/aromatic N) is 2. The van der Waals surface area contributed by atoms with E-state index in [1.807, 2.05) is 18.8 Å². The Balaban J connectivity index is 2.11. The van der Waals surface area contributed by atoms with Crippen LogP contribution in [0.4, 0.5) is 5.82 Å². The van der Waals surface area contributed by atoms with Crippen LogP contribution in [0.2, 0.25) is 0 Å². The van der Waals surface area contributed by atoms with Crippen LogP contribution in [0.5, 0.6) is 0 Å². The van der Waals surface area contributed by atoms with Crippen molar-refractivity contribution in [1.82, 2.24) is 10.3 Å². The lowest BCUT2D eigenvalue weighted by atomic mass is 10.1. The summed E-state index contributed by atoms with van der Waals surface area (Å²) in [6, 6.07) is 11.3. The van der Waals surface area contributed by atoms with E-state index >= 15 is 0 Å². The predicted molar refractivity (Wildman–Crippen MR) is 88.6 cm³/mol. The molecule has 1 saturated heterocycles. The largest absolute Gasteiger partial charge is 0.352 e. The minimum atomic E-state index is 0.550. The van der Waals surface area contributed by atoms with Gasteiger partial charge in [0.1, 0.15) is 5.82 Å². The lowest BCUT2D eigenvalue weighted by Gasteiger charge is -2.35. The Morgan fingerprint density at radius 2 is 2.25 bits per heavy atom. The van der Waals surface area contributed by atoms with Crippen molar-refractivity contribution in [2.75, 3.05) is 30.0 Å².